The van der Waals surface area contributed by atoms with Crippen molar-refractivity contribution in [2.45, 2.75) is 24.7 Å². The van der Waals surface area contributed by atoms with Crippen LogP contribution in [-0.4, -0.2) is 27.0 Å². The minimum Gasteiger partial charge on any atom is -0.476 e. The van der Waals surface area contributed by atoms with Crippen LogP contribution in [0, 0.1) is 0 Å². The lowest BCUT2D eigenvalue weighted by molar-refractivity contribution is -0.173. The van der Waals surface area contributed by atoms with Gasteiger partial charge in [0.05, 0.1) is 6.04 Å². The number of rotatable bonds is 2. The van der Waals surface area contributed by atoms with Crippen molar-refractivity contribution in [3.05, 3.63) is 46.6 Å². The average molecular weight is 346 g/mol. The van der Waals surface area contributed by atoms with Crippen molar-refractivity contribution in [3.8, 4) is 0 Å². The van der Waals surface area contributed by atoms with Gasteiger partial charge in [0.1, 0.15) is 10.8 Å². The number of nitrogens with one attached hydrogen (secondary N) is 1. The van der Waals surface area contributed by atoms with Gasteiger partial charge in [-0.2, -0.15) is 18.3 Å². The summed E-state index contributed by atoms with van der Waals surface area (Å²) in [6.45, 7) is 0. The summed E-state index contributed by atoms with van der Waals surface area (Å²) in [6.07, 6.45) is -4.88. The molecule has 1 aromatic heterocycles. The van der Waals surface area contributed by atoms with Crippen LogP contribution in [0.5, 0.6) is 0 Å². The molecule has 122 valence electrons. The number of hydrogen-bond acceptors (Lipinski definition) is 3. The molecule has 0 saturated heterocycles. The number of anilines is 1. The van der Waals surface area contributed by atoms with E-state index in [0.29, 0.717) is 10.2 Å². The Morgan fingerprint density at radius 2 is 2.00 bits per heavy atom. The topological polar surface area (TPSA) is 67.1 Å². The van der Waals surface area contributed by atoms with Crippen LogP contribution in [0.15, 0.2) is 30.3 Å². The lowest BCUT2D eigenvalue weighted by atomic mass is 9.97. The van der Waals surface area contributed by atoms with Gasteiger partial charge in [-0.25, -0.2) is 9.48 Å². The van der Waals surface area contributed by atoms with E-state index in [1.165, 1.54) is 0 Å². The molecule has 3 rings (SSSR count). The van der Waals surface area contributed by atoms with Gasteiger partial charge < -0.3 is 10.4 Å². The molecule has 0 fully saturated rings. The molecule has 2 heterocycles. The first-order valence-electron chi connectivity index (χ1n) is 6.68. The van der Waals surface area contributed by atoms with Crippen LogP contribution >= 0.6 is 11.6 Å². The molecule has 0 bridgehead atoms. The number of alkyl halides is 3. The molecule has 0 amide bonds. The summed E-state index contributed by atoms with van der Waals surface area (Å²) >= 11 is 5.91. The predicted octanol–water partition coefficient (Wildman–Crippen LogP) is 3.90. The van der Waals surface area contributed by atoms with Gasteiger partial charge in [-0.1, -0.05) is 41.9 Å². The number of halogens is 4. The van der Waals surface area contributed by atoms with E-state index in [-0.39, 0.29) is 17.3 Å². The number of aromatic nitrogens is 2. The molecule has 0 saturated carbocycles. The van der Waals surface area contributed by atoms with Crippen molar-refractivity contribution in [2.75, 3.05) is 5.32 Å². The molecular weight excluding hydrogens is 335 g/mol. The van der Waals surface area contributed by atoms with Gasteiger partial charge >= 0.3 is 12.1 Å². The maximum atomic E-state index is 13.4. The number of benzene rings is 1. The summed E-state index contributed by atoms with van der Waals surface area (Å²) in [5, 5.41) is 15.1. The van der Waals surface area contributed by atoms with Crippen LogP contribution in [0.25, 0.3) is 0 Å². The highest BCUT2D eigenvalue weighted by atomic mass is 35.5. The first kappa shape index (κ1) is 15.7. The second-order valence-corrected chi connectivity index (χ2v) is 5.54. The van der Waals surface area contributed by atoms with Gasteiger partial charge in [-0.3, -0.25) is 0 Å². The number of nitrogens with zero attached hydrogens (tertiary/aromatic N) is 2. The van der Waals surface area contributed by atoms with E-state index in [1.807, 2.05) is 0 Å². The standard InChI is InChI=1S/C14H11ClF3N3O2/c15-10-11(13(22)23)20-21-9(14(16,17)18)6-8(19-12(10)21)7-4-2-1-3-5-7/h1-5,8-9,19H,6H2,(H,22,23)/t8-,9+/m0/s1. The first-order chi connectivity index (χ1) is 10.8. The summed E-state index contributed by atoms with van der Waals surface area (Å²) in [5.41, 5.74) is 0.0549. The molecule has 1 aromatic carbocycles. The Labute approximate surface area is 133 Å². The SMILES string of the molecule is O=C(O)c1nn2c(c1Cl)N[C@H](c1ccccc1)C[C@@H]2C(F)(F)F. The Hall–Kier alpha value is -2.22. The summed E-state index contributed by atoms with van der Waals surface area (Å²) in [7, 11) is 0. The van der Waals surface area contributed by atoms with Crippen LogP contribution in [0.2, 0.25) is 5.02 Å². The average Bonchev–Trinajstić information content (AvgIpc) is 2.84. The molecule has 0 unspecified atom stereocenters. The Morgan fingerprint density at radius 1 is 1.35 bits per heavy atom. The monoisotopic (exact) mass is 345 g/mol. The van der Waals surface area contributed by atoms with Gasteiger partial charge in [-0.15, -0.1) is 0 Å². The number of aromatic carboxylic acids is 1. The third-order valence-electron chi connectivity index (χ3n) is 3.70. The molecule has 0 spiro atoms. The van der Waals surface area contributed by atoms with E-state index in [4.69, 9.17) is 16.7 Å². The molecule has 2 atom stereocenters. The van der Waals surface area contributed by atoms with Crippen LogP contribution < -0.4 is 5.32 Å². The fraction of sp³-hybridized carbons (Fsp3) is 0.286. The fourth-order valence-electron chi connectivity index (χ4n) is 2.63. The molecular formula is C14H11ClF3N3O2. The molecule has 2 aromatic rings. The molecule has 5 nitrogen and oxygen atoms in total. The van der Waals surface area contributed by atoms with Crippen LogP contribution in [0.1, 0.15) is 34.6 Å². The predicted molar refractivity (Wildman–Crippen MR) is 76.7 cm³/mol. The smallest absolute Gasteiger partial charge is 0.410 e. The van der Waals surface area contributed by atoms with Crippen LogP contribution in [0.3, 0.4) is 0 Å². The fourth-order valence-corrected chi connectivity index (χ4v) is 2.89. The zero-order valence-corrected chi connectivity index (χ0v) is 12.3. The normalized spacial score (nSPS) is 20.7. The molecule has 0 aliphatic carbocycles. The number of carboxylic acid groups (broad SMARTS) is 1. The number of fused-ring (bicyclic) bond motifs is 1. The van der Waals surface area contributed by atoms with E-state index >= 15 is 0 Å². The van der Waals surface area contributed by atoms with Gasteiger partial charge in [0.2, 0.25) is 0 Å². The Morgan fingerprint density at radius 3 is 2.57 bits per heavy atom. The summed E-state index contributed by atoms with van der Waals surface area (Å²) in [5.74, 6) is -1.61. The minimum atomic E-state index is -4.57. The molecule has 23 heavy (non-hydrogen) atoms. The van der Waals surface area contributed by atoms with Crippen molar-refractivity contribution < 1.29 is 23.1 Å². The number of carboxylic acids is 1. The Kier molecular flexibility index (Phi) is 3.71. The van der Waals surface area contributed by atoms with E-state index in [1.54, 1.807) is 30.3 Å². The van der Waals surface area contributed by atoms with Gasteiger partial charge in [0.15, 0.2) is 11.7 Å². The number of carbonyl (C=O) groups is 1. The van der Waals surface area contributed by atoms with Crippen molar-refractivity contribution in [1.29, 1.82) is 0 Å². The largest absolute Gasteiger partial charge is 0.476 e. The Bertz CT molecular complexity index is 746. The third kappa shape index (κ3) is 2.74. The highest BCUT2D eigenvalue weighted by molar-refractivity contribution is 6.35. The second-order valence-electron chi connectivity index (χ2n) is 5.16. The maximum Gasteiger partial charge on any atom is 0.410 e. The molecule has 2 N–H and O–H groups in total. The van der Waals surface area contributed by atoms with Crippen LogP contribution in [0.4, 0.5) is 19.0 Å². The molecule has 1 aliphatic rings. The minimum absolute atomic E-state index is 0.133. The van der Waals surface area contributed by atoms with Crippen molar-refractivity contribution in [1.82, 2.24) is 9.78 Å². The van der Waals surface area contributed by atoms with Gasteiger partial charge in [0.25, 0.3) is 0 Å². The van der Waals surface area contributed by atoms with E-state index in [0.717, 1.165) is 0 Å². The summed E-state index contributed by atoms with van der Waals surface area (Å²) in [4.78, 5) is 11.1. The van der Waals surface area contributed by atoms with E-state index < -0.39 is 29.9 Å². The van der Waals surface area contributed by atoms with Crippen molar-refractivity contribution in [3.63, 3.8) is 0 Å². The highest BCUT2D eigenvalue weighted by Gasteiger charge is 2.47. The zero-order chi connectivity index (χ0) is 16.8. The molecule has 1 aliphatic heterocycles. The van der Waals surface area contributed by atoms with Crippen LogP contribution in [-0.2, 0) is 0 Å². The molecule has 9 heteroatoms. The Balaban J connectivity index is 2.10. The third-order valence-corrected chi connectivity index (χ3v) is 4.06. The lowest BCUT2D eigenvalue weighted by Gasteiger charge is -2.33. The quantitative estimate of drug-likeness (QED) is 0.866. The highest BCUT2D eigenvalue weighted by Crippen LogP contribution is 2.46. The van der Waals surface area contributed by atoms with E-state index in [9.17, 15) is 18.0 Å². The summed E-state index contributed by atoms with van der Waals surface area (Å²) in [6, 6.07) is 5.99. The first-order valence-corrected chi connectivity index (χ1v) is 7.06. The summed E-state index contributed by atoms with van der Waals surface area (Å²) < 4.78 is 40.7. The lowest BCUT2D eigenvalue weighted by Crippen LogP contribution is -2.35. The second kappa shape index (κ2) is 5.45. The van der Waals surface area contributed by atoms with Crippen molar-refractivity contribution in [2.24, 2.45) is 0 Å². The van der Waals surface area contributed by atoms with Gasteiger partial charge in [-0.05, 0) is 5.56 Å². The van der Waals surface area contributed by atoms with Crippen molar-refractivity contribution >= 4 is 23.4 Å². The maximum absolute atomic E-state index is 13.4. The van der Waals surface area contributed by atoms with Gasteiger partial charge in [0, 0.05) is 6.42 Å². The van der Waals surface area contributed by atoms with E-state index in [2.05, 4.69) is 10.4 Å². The zero-order valence-electron chi connectivity index (χ0n) is 11.5. The number of hydrogen-bond donors (Lipinski definition) is 2. The molecule has 0 radical (unpaired) electrons.